The second kappa shape index (κ2) is 15.4. The monoisotopic (exact) mass is 611 g/mol. The van der Waals surface area contributed by atoms with Gasteiger partial charge in [-0.05, 0) is 57.9 Å². The Kier molecular flexibility index (Phi) is 12.0. The minimum atomic E-state index is -3.40. The van der Waals surface area contributed by atoms with E-state index in [1.807, 2.05) is 19.1 Å². The molecular formula is C29H38N7O6P. The van der Waals surface area contributed by atoms with Crippen LogP contribution >= 0.6 is 7.60 Å². The van der Waals surface area contributed by atoms with Gasteiger partial charge in [-0.25, -0.2) is 0 Å². The molecule has 0 radical (unpaired) electrons. The van der Waals surface area contributed by atoms with E-state index in [2.05, 4.69) is 36.3 Å². The number of rotatable bonds is 14. The van der Waals surface area contributed by atoms with E-state index in [4.69, 9.17) is 9.05 Å². The number of benzene rings is 2. The highest BCUT2D eigenvalue weighted by Gasteiger charge is 2.28. The Morgan fingerprint density at radius 3 is 1.93 bits per heavy atom. The van der Waals surface area contributed by atoms with Crippen LogP contribution in [0.25, 0.3) is 11.4 Å². The lowest BCUT2D eigenvalue weighted by Crippen LogP contribution is -2.53. The van der Waals surface area contributed by atoms with Gasteiger partial charge in [0.25, 0.3) is 5.91 Å². The van der Waals surface area contributed by atoms with Crippen molar-refractivity contribution >= 4 is 31.0 Å². The van der Waals surface area contributed by atoms with E-state index in [9.17, 15) is 18.9 Å². The van der Waals surface area contributed by atoms with Crippen molar-refractivity contribution in [3.8, 4) is 11.4 Å². The maximum Gasteiger partial charge on any atom is 0.338 e. The predicted molar refractivity (Wildman–Crippen MR) is 161 cm³/mol. The first-order valence-electron chi connectivity index (χ1n) is 14.0. The third kappa shape index (κ3) is 9.74. The first-order chi connectivity index (χ1) is 20.4. The molecule has 1 aromatic heterocycles. The molecule has 0 saturated heterocycles. The molecule has 0 saturated carbocycles. The van der Waals surface area contributed by atoms with Gasteiger partial charge in [-0.1, -0.05) is 43.7 Å². The lowest BCUT2D eigenvalue weighted by atomic mass is 10.0. The third-order valence-corrected chi connectivity index (χ3v) is 8.19. The zero-order chi connectivity index (χ0) is 31.6. The van der Waals surface area contributed by atoms with Crippen molar-refractivity contribution in [3.05, 3.63) is 65.5 Å². The van der Waals surface area contributed by atoms with Gasteiger partial charge in [-0.15, -0.1) is 20.4 Å². The molecule has 13 nitrogen and oxygen atoms in total. The number of nitrogens with zero attached hydrogens (tertiary/aromatic N) is 4. The van der Waals surface area contributed by atoms with Gasteiger partial charge in [-0.3, -0.25) is 18.9 Å². The summed E-state index contributed by atoms with van der Waals surface area (Å²) in [5.74, 6) is -1.25. The number of anilines is 1. The molecule has 2 atom stereocenters. The maximum atomic E-state index is 13.0. The molecule has 3 aromatic rings. The van der Waals surface area contributed by atoms with E-state index in [0.29, 0.717) is 16.8 Å². The fraction of sp³-hybridized carbons (Fsp3) is 0.414. The van der Waals surface area contributed by atoms with Crippen LogP contribution in [0.4, 0.5) is 5.69 Å². The Hall–Kier alpha value is -4.06. The number of hydrogen-bond acceptors (Lipinski definition) is 10. The number of amides is 3. The molecule has 3 N–H and O–H groups in total. The van der Waals surface area contributed by atoms with E-state index >= 15 is 0 Å². The molecule has 2 aromatic carbocycles. The summed E-state index contributed by atoms with van der Waals surface area (Å²) in [6, 6.07) is 12.0. The molecule has 0 aliphatic carbocycles. The highest BCUT2D eigenvalue weighted by Crippen LogP contribution is 2.50. The summed E-state index contributed by atoms with van der Waals surface area (Å²) in [5.41, 5.74) is 2.54. The number of aromatic nitrogens is 4. The SMILES string of the molecule is CCOP(=O)(Cc1nnc(-c2ccc(C(=O)N[C@H](C(=O)N[C@@H](C)C(=O)Nc3ccc(C)cc3)C(C)C)cc2)nn1)OCC. The first kappa shape index (κ1) is 33.4. The molecule has 0 aliphatic rings. The van der Waals surface area contributed by atoms with Gasteiger partial charge in [0.1, 0.15) is 18.2 Å². The molecular weight excluding hydrogens is 573 g/mol. The quantitative estimate of drug-likeness (QED) is 0.227. The lowest BCUT2D eigenvalue weighted by Gasteiger charge is -2.24. The summed E-state index contributed by atoms with van der Waals surface area (Å²) in [7, 11) is -3.40. The van der Waals surface area contributed by atoms with Gasteiger partial charge in [0.05, 0.1) is 13.2 Å². The average molecular weight is 612 g/mol. The highest BCUT2D eigenvalue weighted by atomic mass is 31.2. The molecule has 0 aliphatic heterocycles. The van der Waals surface area contributed by atoms with Crippen molar-refractivity contribution < 1.29 is 28.0 Å². The molecule has 43 heavy (non-hydrogen) atoms. The van der Waals surface area contributed by atoms with E-state index in [1.54, 1.807) is 71.0 Å². The highest BCUT2D eigenvalue weighted by molar-refractivity contribution is 7.53. The lowest BCUT2D eigenvalue weighted by molar-refractivity contribution is -0.128. The van der Waals surface area contributed by atoms with Gasteiger partial charge < -0.3 is 25.0 Å². The number of carbonyl (C=O) groups excluding carboxylic acids is 3. The van der Waals surface area contributed by atoms with Crippen LogP contribution in [-0.4, -0.2) is 63.4 Å². The summed E-state index contributed by atoms with van der Waals surface area (Å²) in [6.07, 6.45) is -0.158. The Labute approximate surface area is 251 Å². The van der Waals surface area contributed by atoms with Gasteiger partial charge >= 0.3 is 7.60 Å². The minimum absolute atomic E-state index is 0.116. The van der Waals surface area contributed by atoms with E-state index in [-0.39, 0.29) is 42.8 Å². The van der Waals surface area contributed by atoms with Crippen molar-refractivity contribution in [2.75, 3.05) is 18.5 Å². The zero-order valence-corrected chi connectivity index (χ0v) is 26.1. The molecule has 1 heterocycles. The Balaban J connectivity index is 1.61. The van der Waals surface area contributed by atoms with Crippen LogP contribution < -0.4 is 16.0 Å². The number of carbonyl (C=O) groups is 3. The summed E-state index contributed by atoms with van der Waals surface area (Å²) in [5, 5.41) is 24.3. The Morgan fingerprint density at radius 2 is 1.40 bits per heavy atom. The smallest absolute Gasteiger partial charge is 0.338 e. The predicted octanol–water partition coefficient (Wildman–Crippen LogP) is 3.91. The van der Waals surface area contributed by atoms with Crippen LogP contribution in [0.3, 0.4) is 0 Å². The topological polar surface area (TPSA) is 174 Å². The van der Waals surface area contributed by atoms with Gasteiger partial charge in [-0.2, -0.15) is 0 Å². The summed E-state index contributed by atoms with van der Waals surface area (Å²) in [6.45, 7) is 11.0. The van der Waals surface area contributed by atoms with Crippen LogP contribution in [0.15, 0.2) is 48.5 Å². The zero-order valence-electron chi connectivity index (χ0n) is 25.2. The second-order valence-corrected chi connectivity index (χ2v) is 12.2. The van der Waals surface area contributed by atoms with Crippen molar-refractivity contribution in [1.29, 1.82) is 0 Å². The van der Waals surface area contributed by atoms with Gasteiger partial charge in [0.15, 0.2) is 5.82 Å². The molecule has 0 spiro atoms. The van der Waals surface area contributed by atoms with Gasteiger partial charge in [0.2, 0.25) is 17.6 Å². The standard InChI is InChI=1S/C29H38N7O6P/c1-7-41-43(40,42-8-2)17-24-33-35-26(36-34-24)21-11-13-22(14-12-21)28(38)32-25(18(3)4)29(39)30-20(6)27(37)31-23-15-9-19(5)10-16-23/h9-16,18,20,25H,7-8,17H2,1-6H3,(H,30,39)(H,31,37)(H,32,38)/t20-,25-/m0/s1. The molecule has 0 bridgehead atoms. The molecule has 3 rings (SSSR count). The van der Waals surface area contributed by atoms with Crippen LogP contribution in [0.5, 0.6) is 0 Å². The average Bonchev–Trinajstić information content (AvgIpc) is 2.97. The molecule has 0 fully saturated rings. The maximum absolute atomic E-state index is 13.0. The van der Waals surface area contributed by atoms with Crippen LogP contribution in [-0.2, 0) is 29.4 Å². The summed E-state index contributed by atoms with van der Waals surface area (Å²) < 4.78 is 23.2. The Bertz CT molecular complexity index is 1420. The van der Waals surface area contributed by atoms with Crippen molar-refractivity contribution in [1.82, 2.24) is 31.0 Å². The van der Waals surface area contributed by atoms with Crippen LogP contribution in [0.1, 0.15) is 56.4 Å². The Morgan fingerprint density at radius 1 is 0.814 bits per heavy atom. The summed E-state index contributed by atoms with van der Waals surface area (Å²) in [4.78, 5) is 38.6. The number of hydrogen-bond donors (Lipinski definition) is 3. The van der Waals surface area contributed by atoms with E-state index in [0.717, 1.165) is 5.56 Å². The number of aryl methyl sites for hydroxylation is 1. The van der Waals surface area contributed by atoms with Crippen LogP contribution in [0, 0.1) is 12.8 Å². The second-order valence-electron chi connectivity index (χ2n) is 10.1. The van der Waals surface area contributed by atoms with E-state index in [1.165, 1.54) is 0 Å². The van der Waals surface area contributed by atoms with Crippen LogP contribution in [0.2, 0.25) is 0 Å². The van der Waals surface area contributed by atoms with Crippen molar-refractivity contribution in [2.24, 2.45) is 5.92 Å². The fourth-order valence-electron chi connectivity index (χ4n) is 3.91. The molecule has 14 heteroatoms. The molecule has 3 amide bonds. The first-order valence-corrected chi connectivity index (χ1v) is 15.7. The fourth-order valence-corrected chi connectivity index (χ4v) is 5.43. The normalized spacial score (nSPS) is 12.8. The summed E-state index contributed by atoms with van der Waals surface area (Å²) >= 11 is 0. The third-order valence-electron chi connectivity index (χ3n) is 6.22. The van der Waals surface area contributed by atoms with E-state index < -0.39 is 31.5 Å². The van der Waals surface area contributed by atoms with Crippen molar-refractivity contribution in [2.45, 2.75) is 59.8 Å². The molecule has 230 valence electrons. The largest absolute Gasteiger partial charge is 0.343 e. The van der Waals surface area contributed by atoms with Crippen molar-refractivity contribution in [3.63, 3.8) is 0 Å². The molecule has 0 unspecified atom stereocenters. The van der Waals surface area contributed by atoms with Gasteiger partial charge in [0, 0.05) is 16.8 Å². The number of nitrogens with one attached hydrogen (secondary N) is 3. The minimum Gasteiger partial charge on any atom is -0.343 e.